The highest BCUT2D eigenvalue weighted by molar-refractivity contribution is 5.98. The van der Waals surface area contributed by atoms with Crippen molar-refractivity contribution < 1.29 is 9.72 Å². The van der Waals surface area contributed by atoms with Gasteiger partial charge in [0.1, 0.15) is 5.56 Å². The third-order valence-electron chi connectivity index (χ3n) is 2.46. The first-order valence-corrected chi connectivity index (χ1v) is 5.37. The molecule has 0 atom stereocenters. The predicted molar refractivity (Wildman–Crippen MR) is 67.3 cm³/mol. The number of aromatic amines is 1. The number of benzene rings is 1. The normalized spacial score (nSPS) is 10.1. The molecule has 8 heteroatoms. The molecule has 0 saturated heterocycles. The van der Waals surface area contributed by atoms with Gasteiger partial charge in [0, 0.05) is 18.0 Å². The van der Waals surface area contributed by atoms with Gasteiger partial charge in [0.05, 0.1) is 23.5 Å². The summed E-state index contributed by atoms with van der Waals surface area (Å²) in [7, 11) is 0. The number of nitro groups is 1. The number of nitrogens with zero attached hydrogens (tertiary/aromatic N) is 2. The third kappa shape index (κ3) is 2.86. The van der Waals surface area contributed by atoms with Crippen molar-refractivity contribution in [1.82, 2.24) is 15.3 Å². The fourth-order valence-corrected chi connectivity index (χ4v) is 1.55. The van der Waals surface area contributed by atoms with E-state index in [-0.39, 0.29) is 23.5 Å². The van der Waals surface area contributed by atoms with E-state index in [1.807, 2.05) is 0 Å². The Hall–Kier alpha value is -2.90. The molecular formula is C11H11N5O3. The summed E-state index contributed by atoms with van der Waals surface area (Å²) in [6, 6.07) is 3.87. The molecule has 19 heavy (non-hydrogen) atoms. The molecule has 0 radical (unpaired) electrons. The molecule has 1 aromatic carbocycles. The number of imidazole rings is 1. The van der Waals surface area contributed by atoms with E-state index in [0.717, 1.165) is 0 Å². The van der Waals surface area contributed by atoms with Crippen LogP contribution >= 0.6 is 0 Å². The van der Waals surface area contributed by atoms with Gasteiger partial charge in [-0.3, -0.25) is 14.9 Å². The molecule has 0 spiro atoms. The fraction of sp³-hybridized carbons (Fsp3) is 0.0909. The Labute approximate surface area is 107 Å². The van der Waals surface area contributed by atoms with E-state index in [4.69, 9.17) is 5.73 Å². The second-order valence-electron chi connectivity index (χ2n) is 3.79. The van der Waals surface area contributed by atoms with Gasteiger partial charge in [0.2, 0.25) is 0 Å². The number of anilines is 1. The summed E-state index contributed by atoms with van der Waals surface area (Å²) in [5.41, 5.74) is 6.17. The molecule has 8 nitrogen and oxygen atoms in total. The number of carbonyl (C=O) groups excluding carboxylic acids is 1. The smallest absolute Gasteiger partial charge is 0.282 e. The van der Waals surface area contributed by atoms with Gasteiger partial charge >= 0.3 is 0 Å². The minimum absolute atomic E-state index is 0.0653. The van der Waals surface area contributed by atoms with Crippen LogP contribution in [0.3, 0.4) is 0 Å². The van der Waals surface area contributed by atoms with Crippen molar-refractivity contribution in [2.24, 2.45) is 0 Å². The van der Waals surface area contributed by atoms with Crippen molar-refractivity contribution in [3.63, 3.8) is 0 Å². The van der Waals surface area contributed by atoms with E-state index < -0.39 is 10.8 Å². The molecule has 0 fully saturated rings. The maximum Gasteiger partial charge on any atom is 0.282 e. The number of nitrogens with two attached hydrogens (primary N) is 1. The topological polar surface area (TPSA) is 127 Å². The van der Waals surface area contributed by atoms with Gasteiger partial charge in [0.25, 0.3) is 11.6 Å². The number of nitrogen functional groups attached to an aromatic ring is 1. The fourth-order valence-electron chi connectivity index (χ4n) is 1.55. The Kier molecular flexibility index (Phi) is 3.42. The summed E-state index contributed by atoms with van der Waals surface area (Å²) in [6.45, 7) is 0.199. The summed E-state index contributed by atoms with van der Waals surface area (Å²) >= 11 is 0. The van der Waals surface area contributed by atoms with E-state index in [2.05, 4.69) is 15.3 Å². The standard InChI is InChI=1S/C11H11N5O3/c12-7-1-2-10(16(18)19)9(3-7)11(17)14-5-8-4-13-6-15-8/h1-4,6H,5,12H2,(H,13,15)(H,14,17). The van der Waals surface area contributed by atoms with Crippen molar-refractivity contribution in [2.75, 3.05) is 5.73 Å². The lowest BCUT2D eigenvalue weighted by Crippen LogP contribution is -2.24. The van der Waals surface area contributed by atoms with Crippen LogP contribution in [0.25, 0.3) is 0 Å². The first-order valence-electron chi connectivity index (χ1n) is 5.37. The van der Waals surface area contributed by atoms with E-state index in [1.165, 1.54) is 24.5 Å². The van der Waals surface area contributed by atoms with Crippen molar-refractivity contribution in [3.8, 4) is 0 Å². The first kappa shape index (κ1) is 12.6. The van der Waals surface area contributed by atoms with Gasteiger partial charge in [-0.15, -0.1) is 0 Å². The average molecular weight is 261 g/mol. The predicted octanol–water partition coefficient (Wildman–Crippen LogP) is 0.830. The molecule has 0 unspecified atom stereocenters. The Morgan fingerprint density at radius 3 is 2.95 bits per heavy atom. The van der Waals surface area contributed by atoms with Crippen molar-refractivity contribution in [1.29, 1.82) is 0 Å². The first-order chi connectivity index (χ1) is 9.08. The molecule has 2 aromatic rings. The van der Waals surface area contributed by atoms with Crippen molar-refractivity contribution in [2.45, 2.75) is 6.54 Å². The Morgan fingerprint density at radius 2 is 2.32 bits per heavy atom. The number of H-pyrrole nitrogens is 1. The van der Waals surface area contributed by atoms with Crippen LogP contribution in [0.2, 0.25) is 0 Å². The Balaban J connectivity index is 2.18. The Bertz CT molecular complexity index is 609. The van der Waals surface area contributed by atoms with Crippen LogP contribution in [-0.4, -0.2) is 20.8 Å². The molecule has 0 aliphatic heterocycles. The Morgan fingerprint density at radius 1 is 1.53 bits per heavy atom. The third-order valence-corrected chi connectivity index (χ3v) is 2.46. The van der Waals surface area contributed by atoms with Crippen molar-refractivity contribution in [3.05, 3.63) is 52.1 Å². The quantitative estimate of drug-likeness (QED) is 0.426. The molecule has 1 heterocycles. The molecular weight excluding hydrogens is 250 g/mol. The molecule has 0 bridgehead atoms. The number of amides is 1. The van der Waals surface area contributed by atoms with Gasteiger partial charge < -0.3 is 16.0 Å². The molecule has 98 valence electrons. The van der Waals surface area contributed by atoms with Crippen molar-refractivity contribution >= 4 is 17.3 Å². The maximum atomic E-state index is 11.9. The number of rotatable bonds is 4. The summed E-state index contributed by atoms with van der Waals surface area (Å²) in [5.74, 6) is -0.561. The monoisotopic (exact) mass is 261 g/mol. The summed E-state index contributed by atoms with van der Waals surface area (Å²) in [6.07, 6.45) is 3.03. The lowest BCUT2D eigenvalue weighted by atomic mass is 10.1. The second kappa shape index (κ2) is 5.17. The lowest BCUT2D eigenvalue weighted by molar-refractivity contribution is -0.385. The van der Waals surface area contributed by atoms with Gasteiger partial charge in [-0.2, -0.15) is 0 Å². The summed E-state index contributed by atoms with van der Waals surface area (Å²) in [5, 5.41) is 13.4. The zero-order valence-corrected chi connectivity index (χ0v) is 9.79. The minimum atomic E-state index is -0.620. The molecule has 4 N–H and O–H groups in total. The lowest BCUT2D eigenvalue weighted by Gasteiger charge is -2.05. The minimum Gasteiger partial charge on any atom is -0.399 e. The van der Waals surface area contributed by atoms with Crippen LogP contribution < -0.4 is 11.1 Å². The number of aromatic nitrogens is 2. The van der Waals surface area contributed by atoms with E-state index in [1.54, 1.807) is 6.20 Å². The second-order valence-corrected chi connectivity index (χ2v) is 3.79. The SMILES string of the molecule is Nc1ccc([N+](=O)[O-])c(C(=O)NCc2cnc[nH]2)c1. The van der Waals surface area contributed by atoms with Crippen LogP contribution in [0.15, 0.2) is 30.7 Å². The van der Waals surface area contributed by atoms with Gasteiger partial charge in [0.15, 0.2) is 0 Å². The van der Waals surface area contributed by atoms with E-state index in [9.17, 15) is 14.9 Å². The highest BCUT2D eigenvalue weighted by atomic mass is 16.6. The van der Waals surface area contributed by atoms with Crippen LogP contribution in [-0.2, 0) is 6.54 Å². The zero-order valence-electron chi connectivity index (χ0n) is 9.79. The van der Waals surface area contributed by atoms with Crippen LogP contribution in [0.1, 0.15) is 16.1 Å². The largest absolute Gasteiger partial charge is 0.399 e. The van der Waals surface area contributed by atoms with Gasteiger partial charge in [-0.1, -0.05) is 0 Å². The van der Waals surface area contributed by atoms with Crippen LogP contribution in [0.5, 0.6) is 0 Å². The summed E-state index contributed by atoms with van der Waals surface area (Å²) in [4.78, 5) is 28.7. The number of nitrogens with one attached hydrogen (secondary N) is 2. The highest BCUT2D eigenvalue weighted by Crippen LogP contribution is 2.21. The number of hydrogen-bond acceptors (Lipinski definition) is 5. The van der Waals surface area contributed by atoms with Gasteiger partial charge in [-0.05, 0) is 12.1 Å². The zero-order chi connectivity index (χ0) is 13.8. The number of carbonyl (C=O) groups is 1. The molecule has 2 rings (SSSR count). The average Bonchev–Trinajstić information content (AvgIpc) is 2.88. The maximum absolute atomic E-state index is 11.9. The summed E-state index contributed by atoms with van der Waals surface area (Å²) < 4.78 is 0. The number of nitro benzene ring substituents is 1. The van der Waals surface area contributed by atoms with Gasteiger partial charge in [-0.25, -0.2) is 4.98 Å². The molecule has 1 aromatic heterocycles. The molecule has 1 amide bonds. The van der Waals surface area contributed by atoms with Crippen LogP contribution in [0, 0.1) is 10.1 Å². The van der Waals surface area contributed by atoms with E-state index in [0.29, 0.717) is 5.69 Å². The molecule has 0 aliphatic carbocycles. The van der Waals surface area contributed by atoms with E-state index >= 15 is 0 Å². The van der Waals surface area contributed by atoms with Crippen LogP contribution in [0.4, 0.5) is 11.4 Å². The number of hydrogen-bond donors (Lipinski definition) is 3. The highest BCUT2D eigenvalue weighted by Gasteiger charge is 2.20. The molecule has 0 saturated carbocycles. The molecule has 0 aliphatic rings.